The Balaban J connectivity index is 1.92. The number of hydrogen-bond donors (Lipinski definition) is 2. The number of amides is 1. The minimum Gasteiger partial charge on any atom is -0.354 e. The van der Waals surface area contributed by atoms with Crippen LogP contribution in [0.3, 0.4) is 0 Å². The Labute approximate surface area is 98.2 Å². The molecule has 1 aliphatic rings. The molecule has 1 amide bonds. The Morgan fingerprint density at radius 3 is 3.00 bits per heavy atom. The quantitative estimate of drug-likeness (QED) is 0.590. The van der Waals surface area contributed by atoms with Gasteiger partial charge in [-0.15, -0.1) is 0 Å². The third kappa shape index (κ3) is 3.01. The Hall–Kier alpha value is -1.95. The topological polar surface area (TPSA) is 84.3 Å². The molecule has 2 rings (SSSR count). The van der Waals surface area contributed by atoms with Crippen molar-refractivity contribution in [2.45, 2.75) is 19.0 Å². The zero-order chi connectivity index (χ0) is 12.3. The van der Waals surface area contributed by atoms with Crippen LogP contribution in [0.4, 0.5) is 5.69 Å². The SMILES string of the molecule is O=C1CC(NCc2cccc([N+](=O)[O-])c2)CN1. The highest BCUT2D eigenvalue weighted by Gasteiger charge is 2.20. The molecule has 0 bridgehead atoms. The maximum absolute atomic E-state index is 11.0. The second-order valence-electron chi connectivity index (χ2n) is 4.01. The summed E-state index contributed by atoms with van der Waals surface area (Å²) in [6.07, 6.45) is 0.467. The molecule has 2 N–H and O–H groups in total. The van der Waals surface area contributed by atoms with E-state index in [4.69, 9.17) is 0 Å². The molecule has 1 aliphatic heterocycles. The fourth-order valence-electron chi connectivity index (χ4n) is 1.79. The highest BCUT2D eigenvalue weighted by Crippen LogP contribution is 2.13. The minimum absolute atomic E-state index is 0.0431. The highest BCUT2D eigenvalue weighted by molar-refractivity contribution is 5.78. The number of carbonyl (C=O) groups excluding carboxylic acids is 1. The summed E-state index contributed by atoms with van der Waals surface area (Å²) in [5.74, 6) is 0.0431. The summed E-state index contributed by atoms with van der Waals surface area (Å²) < 4.78 is 0. The lowest BCUT2D eigenvalue weighted by molar-refractivity contribution is -0.384. The molecule has 0 radical (unpaired) electrons. The highest BCUT2D eigenvalue weighted by atomic mass is 16.6. The number of carbonyl (C=O) groups is 1. The molecule has 1 unspecified atom stereocenters. The summed E-state index contributed by atoms with van der Waals surface area (Å²) in [6.45, 7) is 1.15. The molecule has 90 valence electrons. The van der Waals surface area contributed by atoms with E-state index in [9.17, 15) is 14.9 Å². The first-order valence-corrected chi connectivity index (χ1v) is 5.38. The van der Waals surface area contributed by atoms with Crippen LogP contribution < -0.4 is 10.6 Å². The van der Waals surface area contributed by atoms with Crippen LogP contribution in [0.5, 0.6) is 0 Å². The zero-order valence-corrected chi connectivity index (χ0v) is 9.18. The van der Waals surface area contributed by atoms with Gasteiger partial charge in [0.15, 0.2) is 0 Å². The van der Waals surface area contributed by atoms with Crippen LogP contribution in [0.15, 0.2) is 24.3 Å². The van der Waals surface area contributed by atoms with Gasteiger partial charge in [0.05, 0.1) is 4.92 Å². The first kappa shape index (κ1) is 11.5. The number of benzene rings is 1. The van der Waals surface area contributed by atoms with Crippen molar-refractivity contribution in [1.29, 1.82) is 0 Å². The van der Waals surface area contributed by atoms with Crippen molar-refractivity contribution in [3.05, 3.63) is 39.9 Å². The standard InChI is InChI=1S/C11H13N3O3/c15-11-5-9(7-13-11)12-6-8-2-1-3-10(4-8)14(16)17/h1-4,9,12H,5-7H2,(H,13,15). The monoisotopic (exact) mass is 235 g/mol. The second-order valence-corrected chi connectivity index (χ2v) is 4.01. The van der Waals surface area contributed by atoms with E-state index >= 15 is 0 Å². The van der Waals surface area contributed by atoms with Crippen molar-refractivity contribution in [3.8, 4) is 0 Å². The molecule has 1 fully saturated rings. The smallest absolute Gasteiger partial charge is 0.269 e. The van der Waals surface area contributed by atoms with E-state index in [1.165, 1.54) is 12.1 Å². The number of nitro groups is 1. The summed E-state index contributed by atoms with van der Waals surface area (Å²) in [7, 11) is 0. The molecule has 6 nitrogen and oxygen atoms in total. The lowest BCUT2D eigenvalue weighted by atomic mass is 10.2. The summed E-state index contributed by atoms with van der Waals surface area (Å²) in [5.41, 5.74) is 0.934. The van der Waals surface area contributed by atoms with Gasteiger partial charge < -0.3 is 10.6 Å². The fourth-order valence-corrected chi connectivity index (χ4v) is 1.79. The van der Waals surface area contributed by atoms with Crippen molar-refractivity contribution >= 4 is 11.6 Å². The lowest BCUT2D eigenvalue weighted by Crippen LogP contribution is -2.30. The van der Waals surface area contributed by atoms with Gasteiger partial charge in [0.2, 0.25) is 5.91 Å². The van der Waals surface area contributed by atoms with Gasteiger partial charge >= 0.3 is 0 Å². The van der Waals surface area contributed by atoms with E-state index in [0.29, 0.717) is 19.5 Å². The summed E-state index contributed by atoms with van der Waals surface area (Å²) in [5, 5.41) is 16.5. The van der Waals surface area contributed by atoms with Crippen molar-refractivity contribution in [1.82, 2.24) is 10.6 Å². The van der Waals surface area contributed by atoms with E-state index < -0.39 is 4.92 Å². The van der Waals surface area contributed by atoms with Crippen LogP contribution in [-0.2, 0) is 11.3 Å². The third-order valence-electron chi connectivity index (χ3n) is 2.69. The number of nitrogens with zero attached hydrogens (tertiary/aromatic N) is 1. The van der Waals surface area contributed by atoms with Gasteiger partial charge in [0.25, 0.3) is 5.69 Å². The normalized spacial score (nSPS) is 19.1. The Bertz CT molecular complexity index is 447. The van der Waals surface area contributed by atoms with Gasteiger partial charge in [-0.2, -0.15) is 0 Å². The molecule has 1 aromatic rings. The van der Waals surface area contributed by atoms with Crippen LogP contribution >= 0.6 is 0 Å². The first-order valence-electron chi connectivity index (χ1n) is 5.38. The summed E-state index contributed by atoms with van der Waals surface area (Å²) >= 11 is 0. The summed E-state index contributed by atoms with van der Waals surface area (Å²) in [6, 6.07) is 6.60. The average molecular weight is 235 g/mol. The molecule has 1 saturated heterocycles. The van der Waals surface area contributed by atoms with Crippen molar-refractivity contribution in [2.24, 2.45) is 0 Å². The number of nitro benzene ring substituents is 1. The Kier molecular flexibility index (Phi) is 3.34. The van der Waals surface area contributed by atoms with Crippen LogP contribution in [0.2, 0.25) is 0 Å². The predicted octanol–water partition coefficient (Wildman–Crippen LogP) is 0.573. The van der Waals surface area contributed by atoms with E-state index in [1.54, 1.807) is 6.07 Å². The maximum atomic E-state index is 11.0. The van der Waals surface area contributed by atoms with Crippen LogP contribution in [-0.4, -0.2) is 23.4 Å². The molecule has 1 aromatic carbocycles. The molecule has 6 heteroatoms. The summed E-state index contributed by atoms with van der Waals surface area (Å²) in [4.78, 5) is 21.1. The van der Waals surface area contributed by atoms with E-state index in [0.717, 1.165) is 5.56 Å². The fraction of sp³-hybridized carbons (Fsp3) is 0.364. The molecular formula is C11H13N3O3. The van der Waals surface area contributed by atoms with Crippen molar-refractivity contribution in [3.63, 3.8) is 0 Å². The van der Waals surface area contributed by atoms with Gasteiger partial charge in [-0.1, -0.05) is 12.1 Å². The van der Waals surface area contributed by atoms with Gasteiger partial charge in [0.1, 0.15) is 0 Å². The Morgan fingerprint density at radius 2 is 2.35 bits per heavy atom. The van der Waals surface area contributed by atoms with Crippen LogP contribution in [0, 0.1) is 10.1 Å². The number of hydrogen-bond acceptors (Lipinski definition) is 4. The molecule has 0 aromatic heterocycles. The van der Waals surface area contributed by atoms with Crippen molar-refractivity contribution < 1.29 is 9.72 Å². The van der Waals surface area contributed by atoms with Gasteiger partial charge in [0, 0.05) is 37.7 Å². The van der Waals surface area contributed by atoms with E-state index in [1.807, 2.05) is 6.07 Å². The lowest BCUT2D eigenvalue weighted by Gasteiger charge is -2.09. The number of rotatable bonds is 4. The first-order chi connectivity index (χ1) is 8.15. The number of non-ortho nitro benzene ring substituents is 1. The van der Waals surface area contributed by atoms with E-state index in [2.05, 4.69) is 10.6 Å². The van der Waals surface area contributed by atoms with Gasteiger partial charge in [-0.05, 0) is 5.56 Å². The molecular weight excluding hydrogens is 222 g/mol. The van der Waals surface area contributed by atoms with E-state index in [-0.39, 0.29) is 17.6 Å². The largest absolute Gasteiger partial charge is 0.354 e. The molecule has 0 saturated carbocycles. The van der Waals surface area contributed by atoms with Gasteiger partial charge in [-0.25, -0.2) is 0 Å². The van der Waals surface area contributed by atoms with Crippen LogP contribution in [0.1, 0.15) is 12.0 Å². The third-order valence-corrected chi connectivity index (χ3v) is 2.69. The number of nitrogens with one attached hydrogen (secondary N) is 2. The molecule has 1 atom stereocenters. The second kappa shape index (κ2) is 4.92. The predicted molar refractivity (Wildman–Crippen MR) is 61.4 cm³/mol. The van der Waals surface area contributed by atoms with Gasteiger partial charge in [-0.3, -0.25) is 14.9 Å². The van der Waals surface area contributed by atoms with Crippen molar-refractivity contribution in [2.75, 3.05) is 6.54 Å². The minimum atomic E-state index is -0.413. The molecule has 17 heavy (non-hydrogen) atoms. The Morgan fingerprint density at radius 1 is 1.53 bits per heavy atom. The average Bonchev–Trinajstić information content (AvgIpc) is 2.73. The zero-order valence-electron chi connectivity index (χ0n) is 9.18. The maximum Gasteiger partial charge on any atom is 0.269 e. The van der Waals surface area contributed by atoms with Crippen LogP contribution in [0.25, 0.3) is 0 Å². The molecule has 0 spiro atoms. The molecule has 1 heterocycles. The molecule has 0 aliphatic carbocycles.